The Morgan fingerprint density at radius 3 is 1.87 bits per heavy atom. The first kappa shape index (κ1) is 26.0. The Bertz CT molecular complexity index is 579. The SMILES string of the molecule is CC(C)(C)OC(=O)NCCOCCOCCOCCOCCOc1ccccc1N. The largest absolute Gasteiger partial charge is 0.489 e. The van der Waals surface area contributed by atoms with E-state index in [2.05, 4.69) is 5.32 Å². The number of anilines is 1. The quantitative estimate of drug-likeness (QED) is 0.305. The summed E-state index contributed by atoms with van der Waals surface area (Å²) in [6.07, 6.45) is -0.447. The molecule has 1 rings (SSSR count). The number of carbonyl (C=O) groups excluding carboxylic acids is 1. The first-order valence-electron chi connectivity index (χ1n) is 10.1. The Hall–Kier alpha value is -2.07. The highest BCUT2D eigenvalue weighted by Crippen LogP contribution is 2.19. The molecule has 0 aliphatic heterocycles. The van der Waals surface area contributed by atoms with Crippen molar-refractivity contribution in [1.82, 2.24) is 5.32 Å². The lowest BCUT2D eigenvalue weighted by Gasteiger charge is -2.19. The Morgan fingerprint density at radius 1 is 0.833 bits per heavy atom. The Kier molecular flexibility index (Phi) is 13.6. The molecule has 1 aromatic rings. The fourth-order valence-electron chi connectivity index (χ4n) is 2.12. The second kappa shape index (κ2) is 15.7. The minimum absolute atomic E-state index is 0.391. The molecule has 0 fully saturated rings. The number of carbonyl (C=O) groups is 1. The Morgan fingerprint density at radius 2 is 1.33 bits per heavy atom. The number of nitrogen functional groups attached to an aromatic ring is 1. The van der Waals surface area contributed by atoms with Crippen molar-refractivity contribution in [2.24, 2.45) is 0 Å². The molecule has 0 atom stereocenters. The van der Waals surface area contributed by atoms with Crippen LogP contribution in [0.2, 0.25) is 0 Å². The average Bonchev–Trinajstić information content (AvgIpc) is 2.67. The van der Waals surface area contributed by atoms with E-state index in [9.17, 15) is 4.79 Å². The third kappa shape index (κ3) is 14.9. The maximum absolute atomic E-state index is 11.4. The van der Waals surface area contributed by atoms with Crippen molar-refractivity contribution in [3.8, 4) is 5.75 Å². The van der Waals surface area contributed by atoms with Gasteiger partial charge in [0.1, 0.15) is 18.0 Å². The number of ether oxygens (including phenoxy) is 6. The highest BCUT2D eigenvalue weighted by molar-refractivity contribution is 5.67. The van der Waals surface area contributed by atoms with Gasteiger partial charge in [-0.05, 0) is 32.9 Å². The smallest absolute Gasteiger partial charge is 0.407 e. The number of alkyl carbamates (subject to hydrolysis) is 1. The number of benzene rings is 1. The van der Waals surface area contributed by atoms with Crippen LogP contribution in [-0.4, -0.2) is 77.7 Å². The van der Waals surface area contributed by atoms with E-state index in [0.717, 1.165) is 0 Å². The van der Waals surface area contributed by atoms with Crippen LogP contribution in [0.25, 0.3) is 0 Å². The zero-order valence-corrected chi connectivity index (χ0v) is 18.3. The zero-order chi connectivity index (χ0) is 22.1. The van der Waals surface area contributed by atoms with Crippen LogP contribution < -0.4 is 15.8 Å². The van der Waals surface area contributed by atoms with E-state index < -0.39 is 11.7 Å². The van der Waals surface area contributed by atoms with Crippen molar-refractivity contribution in [2.75, 3.05) is 71.7 Å². The fraction of sp³-hybridized carbons (Fsp3) is 0.667. The van der Waals surface area contributed by atoms with Crippen LogP contribution in [0.3, 0.4) is 0 Å². The molecule has 0 aliphatic carbocycles. The molecule has 0 aromatic heterocycles. The molecule has 9 heteroatoms. The summed E-state index contributed by atoms with van der Waals surface area (Å²) in [6, 6.07) is 7.35. The highest BCUT2D eigenvalue weighted by Gasteiger charge is 2.15. The van der Waals surface area contributed by atoms with Crippen molar-refractivity contribution in [3.63, 3.8) is 0 Å². The summed E-state index contributed by atoms with van der Waals surface area (Å²) in [5, 5.41) is 2.62. The van der Waals surface area contributed by atoms with Crippen LogP contribution in [0.5, 0.6) is 5.75 Å². The van der Waals surface area contributed by atoms with Crippen molar-refractivity contribution in [3.05, 3.63) is 24.3 Å². The monoisotopic (exact) mass is 428 g/mol. The molecule has 0 heterocycles. The van der Waals surface area contributed by atoms with Gasteiger partial charge in [0.2, 0.25) is 0 Å². The van der Waals surface area contributed by atoms with Crippen LogP contribution in [0, 0.1) is 0 Å². The van der Waals surface area contributed by atoms with Gasteiger partial charge < -0.3 is 39.5 Å². The van der Waals surface area contributed by atoms with Gasteiger partial charge in [-0.15, -0.1) is 0 Å². The molecule has 0 saturated carbocycles. The van der Waals surface area contributed by atoms with E-state index in [1.165, 1.54) is 0 Å². The lowest BCUT2D eigenvalue weighted by molar-refractivity contribution is -0.00453. The van der Waals surface area contributed by atoms with Gasteiger partial charge in [-0.3, -0.25) is 0 Å². The first-order chi connectivity index (χ1) is 14.4. The summed E-state index contributed by atoms with van der Waals surface area (Å²) < 4.78 is 32.2. The van der Waals surface area contributed by atoms with Crippen LogP contribution >= 0.6 is 0 Å². The highest BCUT2D eigenvalue weighted by atomic mass is 16.6. The molecule has 0 aliphatic rings. The maximum atomic E-state index is 11.4. The van der Waals surface area contributed by atoms with E-state index in [4.69, 9.17) is 34.2 Å². The van der Waals surface area contributed by atoms with Gasteiger partial charge >= 0.3 is 6.09 Å². The number of hydrogen-bond acceptors (Lipinski definition) is 8. The number of nitrogens with one attached hydrogen (secondary N) is 1. The summed E-state index contributed by atoms with van der Waals surface area (Å²) in [5.74, 6) is 0.665. The van der Waals surface area contributed by atoms with Crippen LogP contribution in [0.15, 0.2) is 24.3 Å². The molecular weight excluding hydrogens is 392 g/mol. The zero-order valence-electron chi connectivity index (χ0n) is 18.3. The summed E-state index contributed by atoms with van der Waals surface area (Å²) in [7, 11) is 0. The predicted molar refractivity (Wildman–Crippen MR) is 114 cm³/mol. The molecule has 3 N–H and O–H groups in total. The lowest BCUT2D eigenvalue weighted by atomic mass is 10.2. The molecule has 0 bridgehead atoms. The van der Waals surface area contributed by atoms with E-state index in [1.807, 2.05) is 39.0 Å². The lowest BCUT2D eigenvalue weighted by Crippen LogP contribution is -2.34. The molecule has 1 amide bonds. The molecule has 30 heavy (non-hydrogen) atoms. The minimum Gasteiger partial charge on any atom is -0.489 e. The van der Waals surface area contributed by atoms with Crippen LogP contribution in [-0.2, 0) is 23.7 Å². The Balaban J connectivity index is 1.77. The maximum Gasteiger partial charge on any atom is 0.407 e. The van der Waals surface area contributed by atoms with Gasteiger partial charge in [0.15, 0.2) is 0 Å². The minimum atomic E-state index is -0.501. The topological polar surface area (TPSA) is 111 Å². The summed E-state index contributed by atoms with van der Waals surface area (Å²) >= 11 is 0. The molecule has 0 unspecified atom stereocenters. The number of para-hydroxylation sites is 2. The van der Waals surface area contributed by atoms with E-state index in [-0.39, 0.29) is 0 Å². The third-order valence-electron chi connectivity index (χ3n) is 3.43. The van der Waals surface area contributed by atoms with E-state index in [1.54, 1.807) is 6.07 Å². The van der Waals surface area contributed by atoms with Crippen molar-refractivity contribution >= 4 is 11.8 Å². The summed E-state index contributed by atoms with van der Waals surface area (Å²) in [6.45, 7) is 10.00. The standard InChI is InChI=1S/C21H36N2O7/c1-21(2,3)30-20(24)23-8-9-25-10-11-26-12-13-27-14-15-28-16-17-29-19-7-5-4-6-18(19)22/h4-7H,8-17,22H2,1-3H3,(H,23,24). The van der Waals surface area contributed by atoms with Gasteiger partial charge in [-0.2, -0.15) is 0 Å². The normalized spacial score (nSPS) is 11.3. The number of amides is 1. The molecule has 9 nitrogen and oxygen atoms in total. The third-order valence-corrected chi connectivity index (χ3v) is 3.43. The van der Waals surface area contributed by atoms with Gasteiger partial charge in [-0.1, -0.05) is 12.1 Å². The van der Waals surface area contributed by atoms with Crippen LogP contribution in [0.1, 0.15) is 20.8 Å². The molecule has 0 radical (unpaired) electrons. The van der Waals surface area contributed by atoms with E-state index in [0.29, 0.717) is 77.4 Å². The molecule has 172 valence electrons. The van der Waals surface area contributed by atoms with Gasteiger partial charge in [0, 0.05) is 6.54 Å². The summed E-state index contributed by atoms with van der Waals surface area (Å²) in [5.41, 5.74) is 5.90. The Labute approximate surface area is 179 Å². The molecule has 1 aromatic carbocycles. The first-order valence-corrected chi connectivity index (χ1v) is 10.1. The van der Waals surface area contributed by atoms with Gasteiger partial charge in [0.05, 0.1) is 58.5 Å². The second-order valence-electron chi connectivity index (χ2n) is 7.26. The van der Waals surface area contributed by atoms with E-state index >= 15 is 0 Å². The number of nitrogens with two attached hydrogens (primary N) is 1. The second-order valence-corrected chi connectivity index (χ2v) is 7.26. The predicted octanol–water partition coefficient (Wildman–Crippen LogP) is 2.24. The van der Waals surface area contributed by atoms with Crippen molar-refractivity contribution in [2.45, 2.75) is 26.4 Å². The molecule has 0 spiro atoms. The van der Waals surface area contributed by atoms with Crippen molar-refractivity contribution < 1.29 is 33.2 Å². The number of hydrogen-bond donors (Lipinski definition) is 2. The van der Waals surface area contributed by atoms with Gasteiger partial charge in [-0.25, -0.2) is 4.79 Å². The van der Waals surface area contributed by atoms with Crippen LogP contribution in [0.4, 0.5) is 10.5 Å². The molecular formula is C21H36N2O7. The van der Waals surface area contributed by atoms with Gasteiger partial charge in [0.25, 0.3) is 0 Å². The fourth-order valence-corrected chi connectivity index (χ4v) is 2.12. The summed E-state index contributed by atoms with van der Waals surface area (Å²) in [4.78, 5) is 11.4. The molecule has 0 saturated heterocycles. The van der Waals surface area contributed by atoms with Crippen molar-refractivity contribution in [1.29, 1.82) is 0 Å². The average molecular weight is 429 g/mol. The number of rotatable bonds is 16.